The van der Waals surface area contributed by atoms with Crippen LogP contribution in [0.25, 0.3) is 0 Å². The number of anilines is 1. The second-order valence-electron chi connectivity index (χ2n) is 5.41. The summed E-state index contributed by atoms with van der Waals surface area (Å²) in [6.07, 6.45) is 0.0148. The van der Waals surface area contributed by atoms with Crippen LogP contribution >= 0.6 is 11.6 Å². The van der Waals surface area contributed by atoms with Crippen molar-refractivity contribution in [2.75, 3.05) is 12.4 Å². The quantitative estimate of drug-likeness (QED) is 0.821. The summed E-state index contributed by atoms with van der Waals surface area (Å²) in [6, 6.07) is 10.5. The van der Waals surface area contributed by atoms with Gasteiger partial charge in [-0.3, -0.25) is 9.59 Å². The van der Waals surface area contributed by atoms with Crippen molar-refractivity contribution in [2.24, 2.45) is 0 Å². The van der Waals surface area contributed by atoms with Crippen LogP contribution in [0, 0.1) is 5.82 Å². The average molecular weight is 365 g/mol. The molecule has 25 heavy (non-hydrogen) atoms. The molecule has 7 heteroatoms. The summed E-state index contributed by atoms with van der Waals surface area (Å²) in [5, 5.41) is 5.31. The number of carbonyl (C=O) groups is 2. The highest BCUT2D eigenvalue weighted by atomic mass is 35.5. The van der Waals surface area contributed by atoms with Crippen molar-refractivity contribution in [2.45, 2.75) is 19.4 Å². The van der Waals surface area contributed by atoms with Gasteiger partial charge in [0.25, 0.3) is 0 Å². The third kappa shape index (κ3) is 5.46. The molecule has 0 bridgehead atoms. The molecule has 2 N–H and O–H groups in total. The zero-order chi connectivity index (χ0) is 18.4. The maximum atomic E-state index is 13.2. The smallest absolute Gasteiger partial charge is 0.226 e. The zero-order valence-electron chi connectivity index (χ0n) is 13.8. The van der Waals surface area contributed by atoms with E-state index in [1.165, 1.54) is 25.1 Å². The number of nitrogens with one attached hydrogen (secondary N) is 2. The van der Waals surface area contributed by atoms with Gasteiger partial charge in [-0.2, -0.15) is 0 Å². The SMILES string of the molecule is COc1ccc(C(CC(=O)Nc2ccc(F)c(Cl)c2)NC(C)=O)cc1. The molecule has 0 aliphatic carbocycles. The molecule has 2 aromatic carbocycles. The van der Waals surface area contributed by atoms with Crippen molar-refractivity contribution in [1.29, 1.82) is 0 Å². The Morgan fingerprint density at radius 1 is 1.20 bits per heavy atom. The van der Waals surface area contributed by atoms with Crippen LogP contribution in [0.15, 0.2) is 42.5 Å². The fraction of sp³-hybridized carbons (Fsp3) is 0.222. The molecule has 0 saturated heterocycles. The first-order valence-corrected chi connectivity index (χ1v) is 7.93. The highest BCUT2D eigenvalue weighted by Crippen LogP contribution is 2.23. The van der Waals surface area contributed by atoms with E-state index in [1.54, 1.807) is 31.4 Å². The molecule has 2 amide bonds. The van der Waals surface area contributed by atoms with E-state index in [1.807, 2.05) is 0 Å². The third-order valence-corrected chi connectivity index (χ3v) is 3.78. The minimum Gasteiger partial charge on any atom is -0.497 e. The van der Waals surface area contributed by atoms with Crippen LogP contribution in [0.4, 0.5) is 10.1 Å². The Morgan fingerprint density at radius 3 is 2.44 bits per heavy atom. The van der Waals surface area contributed by atoms with E-state index in [-0.39, 0.29) is 23.3 Å². The highest BCUT2D eigenvalue weighted by molar-refractivity contribution is 6.31. The van der Waals surface area contributed by atoms with E-state index >= 15 is 0 Å². The molecule has 0 fully saturated rings. The van der Waals surface area contributed by atoms with Crippen molar-refractivity contribution in [1.82, 2.24) is 5.32 Å². The fourth-order valence-corrected chi connectivity index (χ4v) is 2.49. The standard InChI is InChI=1S/C18H18ClFN2O3/c1-11(23)21-17(12-3-6-14(25-2)7-4-12)10-18(24)22-13-5-8-16(20)15(19)9-13/h3-9,17H,10H2,1-2H3,(H,21,23)(H,22,24). The molecule has 2 rings (SSSR count). The maximum Gasteiger partial charge on any atom is 0.226 e. The van der Waals surface area contributed by atoms with Crippen molar-refractivity contribution in [3.05, 3.63) is 58.9 Å². The lowest BCUT2D eigenvalue weighted by Gasteiger charge is -2.18. The first-order valence-electron chi connectivity index (χ1n) is 7.55. The van der Waals surface area contributed by atoms with E-state index in [0.717, 1.165) is 5.56 Å². The second-order valence-corrected chi connectivity index (χ2v) is 5.81. The van der Waals surface area contributed by atoms with Gasteiger partial charge < -0.3 is 15.4 Å². The van der Waals surface area contributed by atoms with Gasteiger partial charge in [0.2, 0.25) is 11.8 Å². The number of halogens is 2. The lowest BCUT2D eigenvalue weighted by atomic mass is 10.0. The van der Waals surface area contributed by atoms with E-state index in [9.17, 15) is 14.0 Å². The summed E-state index contributed by atoms with van der Waals surface area (Å²) in [4.78, 5) is 23.7. The minimum absolute atomic E-state index is 0.0148. The summed E-state index contributed by atoms with van der Waals surface area (Å²) in [5.74, 6) is -0.472. The lowest BCUT2D eigenvalue weighted by Crippen LogP contribution is -2.29. The van der Waals surface area contributed by atoms with Crippen LogP contribution in [0.2, 0.25) is 5.02 Å². The van der Waals surface area contributed by atoms with Crippen LogP contribution in [0.5, 0.6) is 5.75 Å². The summed E-state index contributed by atoms with van der Waals surface area (Å²) in [6.45, 7) is 1.38. The van der Waals surface area contributed by atoms with Gasteiger partial charge in [-0.25, -0.2) is 4.39 Å². The van der Waals surface area contributed by atoms with Gasteiger partial charge in [-0.15, -0.1) is 0 Å². The number of rotatable bonds is 6. The molecule has 0 heterocycles. The molecular formula is C18H18ClFN2O3. The molecule has 5 nitrogen and oxygen atoms in total. The van der Waals surface area contributed by atoms with Gasteiger partial charge >= 0.3 is 0 Å². The minimum atomic E-state index is -0.561. The van der Waals surface area contributed by atoms with Crippen molar-refractivity contribution in [3.63, 3.8) is 0 Å². The van der Waals surface area contributed by atoms with E-state index in [4.69, 9.17) is 16.3 Å². The van der Waals surface area contributed by atoms with E-state index < -0.39 is 11.9 Å². The molecule has 0 aliphatic rings. The molecule has 1 unspecified atom stereocenters. The molecular weight excluding hydrogens is 347 g/mol. The van der Waals surface area contributed by atoms with Gasteiger partial charge in [-0.1, -0.05) is 23.7 Å². The molecule has 0 radical (unpaired) electrons. The summed E-state index contributed by atoms with van der Waals surface area (Å²) in [7, 11) is 1.56. The van der Waals surface area contributed by atoms with Crippen molar-refractivity contribution in [3.8, 4) is 5.75 Å². The first-order chi connectivity index (χ1) is 11.9. The number of hydrogen-bond acceptors (Lipinski definition) is 3. The Bertz CT molecular complexity index is 765. The predicted molar refractivity (Wildman–Crippen MR) is 94.2 cm³/mol. The number of ether oxygens (including phenoxy) is 1. The van der Waals surface area contributed by atoms with Crippen LogP contribution in [0.3, 0.4) is 0 Å². The highest BCUT2D eigenvalue weighted by Gasteiger charge is 2.17. The Balaban J connectivity index is 2.10. The number of hydrogen-bond donors (Lipinski definition) is 2. The van der Waals surface area contributed by atoms with Gasteiger partial charge in [0.1, 0.15) is 11.6 Å². The molecule has 0 spiro atoms. The van der Waals surface area contributed by atoms with Crippen LogP contribution < -0.4 is 15.4 Å². The Labute approximate surface area is 150 Å². The number of amides is 2. The van der Waals surface area contributed by atoms with Gasteiger partial charge in [0.15, 0.2) is 0 Å². The Morgan fingerprint density at radius 2 is 1.88 bits per heavy atom. The fourth-order valence-electron chi connectivity index (χ4n) is 2.31. The van der Waals surface area contributed by atoms with Crippen LogP contribution in [-0.4, -0.2) is 18.9 Å². The monoisotopic (exact) mass is 364 g/mol. The number of carbonyl (C=O) groups excluding carboxylic acids is 2. The van der Waals surface area contributed by atoms with Crippen molar-refractivity contribution < 1.29 is 18.7 Å². The van der Waals surface area contributed by atoms with E-state index in [0.29, 0.717) is 11.4 Å². The van der Waals surface area contributed by atoms with Gasteiger partial charge in [0, 0.05) is 12.6 Å². The summed E-state index contributed by atoms with van der Waals surface area (Å²) < 4.78 is 18.3. The third-order valence-electron chi connectivity index (χ3n) is 3.49. The molecule has 1 atom stereocenters. The zero-order valence-corrected chi connectivity index (χ0v) is 14.6. The molecule has 0 aromatic heterocycles. The van der Waals surface area contributed by atoms with Gasteiger partial charge in [-0.05, 0) is 35.9 Å². The second kappa shape index (κ2) is 8.48. The van der Waals surface area contributed by atoms with Crippen LogP contribution in [0.1, 0.15) is 24.9 Å². The molecule has 2 aromatic rings. The van der Waals surface area contributed by atoms with Gasteiger partial charge in [0.05, 0.1) is 24.6 Å². The largest absolute Gasteiger partial charge is 0.497 e. The predicted octanol–water partition coefficient (Wildman–Crippen LogP) is 3.69. The Kier molecular flexibility index (Phi) is 6.36. The lowest BCUT2D eigenvalue weighted by molar-refractivity contribution is -0.120. The summed E-state index contributed by atoms with van der Waals surface area (Å²) >= 11 is 5.70. The Hall–Kier alpha value is -2.60. The normalized spacial score (nSPS) is 11.5. The van der Waals surface area contributed by atoms with E-state index in [2.05, 4.69) is 10.6 Å². The topological polar surface area (TPSA) is 67.4 Å². The summed E-state index contributed by atoms with van der Waals surface area (Å²) in [5.41, 5.74) is 1.15. The number of benzene rings is 2. The number of methoxy groups -OCH3 is 1. The average Bonchev–Trinajstić information content (AvgIpc) is 2.57. The first kappa shape index (κ1) is 18.7. The van der Waals surface area contributed by atoms with Crippen LogP contribution in [-0.2, 0) is 9.59 Å². The molecule has 0 aliphatic heterocycles. The molecule has 132 valence electrons. The maximum absolute atomic E-state index is 13.2. The van der Waals surface area contributed by atoms with Crippen molar-refractivity contribution >= 4 is 29.1 Å². The molecule has 0 saturated carbocycles.